The molecule has 1 unspecified atom stereocenters. The molecule has 9 heteroatoms. The smallest absolute Gasteiger partial charge is 0.328 e. The van der Waals surface area contributed by atoms with Crippen LogP contribution in [0, 0.1) is 17.7 Å². The standard InChI is InChI=1S/C17H18FN3O4S/c1-3-9(2)13(16(24)25)19-8-12-14(22)20-17(26)21(15(12)23)11-6-4-10(18)5-7-11/h4-9,12-13H,3H2,1-2H3,(H,24,25)(H,20,22,26)/t9-,12?,13+/m1/s1. The third kappa shape index (κ3) is 4.10. The van der Waals surface area contributed by atoms with Gasteiger partial charge in [-0.05, 0) is 42.4 Å². The Morgan fingerprint density at radius 1 is 1.42 bits per heavy atom. The molecule has 1 heterocycles. The van der Waals surface area contributed by atoms with Gasteiger partial charge in [0, 0.05) is 6.21 Å². The Morgan fingerprint density at radius 3 is 2.58 bits per heavy atom. The highest BCUT2D eigenvalue weighted by molar-refractivity contribution is 7.80. The fraction of sp³-hybridized carbons (Fsp3) is 0.353. The van der Waals surface area contributed by atoms with Gasteiger partial charge in [0.25, 0.3) is 5.91 Å². The van der Waals surface area contributed by atoms with Gasteiger partial charge in [0.05, 0.1) is 5.69 Å². The lowest BCUT2D eigenvalue weighted by Crippen LogP contribution is -2.58. The molecule has 1 aliphatic heterocycles. The molecule has 2 N–H and O–H groups in total. The number of aliphatic carboxylic acids is 1. The van der Waals surface area contributed by atoms with Crippen molar-refractivity contribution in [2.75, 3.05) is 4.90 Å². The van der Waals surface area contributed by atoms with E-state index in [4.69, 9.17) is 12.2 Å². The summed E-state index contributed by atoms with van der Waals surface area (Å²) in [7, 11) is 0. The monoisotopic (exact) mass is 379 g/mol. The van der Waals surface area contributed by atoms with E-state index in [1.54, 1.807) is 6.92 Å². The minimum Gasteiger partial charge on any atom is -0.480 e. The van der Waals surface area contributed by atoms with Crippen molar-refractivity contribution in [2.45, 2.75) is 26.3 Å². The number of amides is 2. The fourth-order valence-corrected chi connectivity index (χ4v) is 2.71. The number of anilines is 1. The number of aliphatic imine (C=N–C) groups is 1. The van der Waals surface area contributed by atoms with Crippen molar-refractivity contribution in [3.63, 3.8) is 0 Å². The maximum Gasteiger partial charge on any atom is 0.328 e. The maximum absolute atomic E-state index is 13.1. The molecule has 1 aliphatic rings. The number of benzene rings is 1. The van der Waals surface area contributed by atoms with E-state index in [9.17, 15) is 23.9 Å². The van der Waals surface area contributed by atoms with Crippen LogP contribution in [0.25, 0.3) is 0 Å². The molecular weight excluding hydrogens is 361 g/mol. The van der Waals surface area contributed by atoms with Crippen molar-refractivity contribution in [2.24, 2.45) is 16.8 Å². The second-order valence-electron chi connectivity index (χ2n) is 5.89. The zero-order chi connectivity index (χ0) is 19.4. The van der Waals surface area contributed by atoms with Crippen LogP contribution < -0.4 is 10.2 Å². The van der Waals surface area contributed by atoms with Crippen molar-refractivity contribution in [3.8, 4) is 0 Å². The summed E-state index contributed by atoms with van der Waals surface area (Å²) in [4.78, 5) is 41.2. The quantitative estimate of drug-likeness (QED) is 0.446. The number of carbonyl (C=O) groups is 3. The number of carboxylic acid groups (broad SMARTS) is 1. The van der Waals surface area contributed by atoms with E-state index in [0.717, 1.165) is 23.2 Å². The molecule has 2 amide bonds. The average Bonchev–Trinajstić information content (AvgIpc) is 2.58. The number of carboxylic acids is 1. The van der Waals surface area contributed by atoms with Gasteiger partial charge < -0.3 is 10.4 Å². The van der Waals surface area contributed by atoms with Crippen molar-refractivity contribution in [1.29, 1.82) is 0 Å². The van der Waals surface area contributed by atoms with E-state index in [-0.39, 0.29) is 16.7 Å². The number of halogens is 1. The summed E-state index contributed by atoms with van der Waals surface area (Å²) in [6, 6.07) is 3.96. The molecule has 26 heavy (non-hydrogen) atoms. The number of hydrogen-bond acceptors (Lipinski definition) is 5. The lowest BCUT2D eigenvalue weighted by Gasteiger charge is -2.31. The molecule has 2 rings (SSSR count). The first-order valence-electron chi connectivity index (χ1n) is 7.96. The van der Waals surface area contributed by atoms with Gasteiger partial charge in [-0.25, -0.2) is 9.18 Å². The molecule has 138 valence electrons. The normalized spacial score (nSPS) is 20.2. The molecule has 7 nitrogen and oxygen atoms in total. The van der Waals surface area contributed by atoms with E-state index in [1.165, 1.54) is 12.1 Å². The molecule has 3 atom stereocenters. The largest absolute Gasteiger partial charge is 0.480 e. The topological polar surface area (TPSA) is 99.1 Å². The van der Waals surface area contributed by atoms with E-state index in [0.29, 0.717) is 6.42 Å². The van der Waals surface area contributed by atoms with Gasteiger partial charge in [0.15, 0.2) is 11.0 Å². The molecule has 0 spiro atoms. The Hall–Kier alpha value is -2.68. The third-order valence-electron chi connectivity index (χ3n) is 4.12. The van der Waals surface area contributed by atoms with E-state index in [1.807, 2.05) is 6.92 Å². The number of thiocarbonyl (C=S) groups is 1. The van der Waals surface area contributed by atoms with Crippen molar-refractivity contribution in [3.05, 3.63) is 30.1 Å². The Balaban J connectivity index is 2.30. The SMILES string of the molecule is CC[C@@H](C)[C@H](N=CC1C(=O)NC(=S)N(c2ccc(F)cc2)C1=O)C(=O)O. The summed E-state index contributed by atoms with van der Waals surface area (Å²) < 4.78 is 13.1. The highest BCUT2D eigenvalue weighted by atomic mass is 32.1. The minimum absolute atomic E-state index is 0.132. The van der Waals surface area contributed by atoms with Crippen molar-refractivity contribution in [1.82, 2.24) is 5.32 Å². The second-order valence-corrected chi connectivity index (χ2v) is 6.28. The van der Waals surface area contributed by atoms with Gasteiger partial charge in [0.2, 0.25) is 5.91 Å². The number of rotatable bonds is 6. The van der Waals surface area contributed by atoms with Crippen LogP contribution in [0.2, 0.25) is 0 Å². The van der Waals surface area contributed by atoms with Gasteiger partial charge >= 0.3 is 5.97 Å². The molecule has 0 aromatic heterocycles. The van der Waals surface area contributed by atoms with Crippen LogP contribution in [0.3, 0.4) is 0 Å². The summed E-state index contributed by atoms with van der Waals surface area (Å²) in [6.45, 7) is 3.54. The summed E-state index contributed by atoms with van der Waals surface area (Å²) in [5.41, 5.74) is 0.288. The van der Waals surface area contributed by atoms with E-state index >= 15 is 0 Å². The third-order valence-corrected chi connectivity index (χ3v) is 4.40. The Morgan fingerprint density at radius 2 is 2.04 bits per heavy atom. The van der Waals surface area contributed by atoms with Gasteiger partial charge in [-0.2, -0.15) is 0 Å². The van der Waals surface area contributed by atoms with Crippen LogP contribution in [-0.2, 0) is 14.4 Å². The first-order valence-corrected chi connectivity index (χ1v) is 8.37. The molecule has 1 fully saturated rings. The minimum atomic E-state index is -1.32. The van der Waals surface area contributed by atoms with E-state index in [2.05, 4.69) is 10.3 Å². The van der Waals surface area contributed by atoms with Crippen LogP contribution in [0.4, 0.5) is 10.1 Å². The number of nitrogens with one attached hydrogen (secondary N) is 1. The lowest BCUT2D eigenvalue weighted by atomic mass is 9.99. The lowest BCUT2D eigenvalue weighted by molar-refractivity contribution is -0.140. The highest BCUT2D eigenvalue weighted by Crippen LogP contribution is 2.21. The summed E-state index contributed by atoms with van der Waals surface area (Å²) in [6.07, 6.45) is 1.62. The summed E-state index contributed by atoms with van der Waals surface area (Å²) >= 11 is 5.03. The van der Waals surface area contributed by atoms with Gasteiger partial charge in [-0.15, -0.1) is 0 Å². The van der Waals surface area contributed by atoms with Crippen LogP contribution in [0.1, 0.15) is 20.3 Å². The Bertz CT molecular complexity index is 766. The highest BCUT2D eigenvalue weighted by Gasteiger charge is 2.38. The van der Waals surface area contributed by atoms with Crippen LogP contribution >= 0.6 is 12.2 Å². The fourth-order valence-electron chi connectivity index (χ4n) is 2.41. The van der Waals surface area contributed by atoms with Gasteiger partial charge in [-0.3, -0.25) is 19.5 Å². The summed E-state index contributed by atoms with van der Waals surface area (Å²) in [5.74, 6) is -4.57. The van der Waals surface area contributed by atoms with Crippen LogP contribution in [-0.4, -0.2) is 40.3 Å². The summed E-state index contributed by atoms with van der Waals surface area (Å²) in [5, 5.41) is 11.5. The number of hydrogen-bond donors (Lipinski definition) is 2. The number of carbonyl (C=O) groups excluding carboxylic acids is 2. The molecule has 1 aromatic carbocycles. The van der Waals surface area contributed by atoms with Gasteiger partial charge in [0.1, 0.15) is 11.9 Å². The molecule has 0 aliphatic carbocycles. The number of nitrogens with zero attached hydrogens (tertiary/aromatic N) is 2. The van der Waals surface area contributed by atoms with E-state index < -0.39 is 35.6 Å². The first kappa shape index (κ1) is 19.6. The Labute approximate surface area is 154 Å². The molecule has 0 saturated carbocycles. The Kier molecular flexibility index (Phi) is 6.14. The molecule has 0 bridgehead atoms. The zero-order valence-corrected chi connectivity index (χ0v) is 15.0. The van der Waals surface area contributed by atoms with Crippen LogP contribution in [0.15, 0.2) is 29.3 Å². The average molecular weight is 379 g/mol. The molecule has 1 saturated heterocycles. The molecular formula is C17H18FN3O4S. The van der Waals surface area contributed by atoms with Gasteiger partial charge in [-0.1, -0.05) is 20.3 Å². The maximum atomic E-state index is 13.1. The van der Waals surface area contributed by atoms with Crippen LogP contribution in [0.5, 0.6) is 0 Å². The molecule has 0 radical (unpaired) electrons. The predicted octanol–water partition coefficient (Wildman–Crippen LogP) is 1.76. The molecule has 1 aromatic rings. The zero-order valence-electron chi connectivity index (χ0n) is 14.2. The second kappa shape index (κ2) is 8.13. The first-order chi connectivity index (χ1) is 12.3. The van der Waals surface area contributed by atoms with Crippen molar-refractivity contribution >= 4 is 47.0 Å². The predicted molar refractivity (Wildman–Crippen MR) is 97.5 cm³/mol. The van der Waals surface area contributed by atoms with Crippen molar-refractivity contribution < 1.29 is 23.9 Å².